The Balaban J connectivity index is 0.000000249. The molecule has 1 atom stereocenters. The molecule has 0 nitrogen and oxygen atoms in total. The Morgan fingerprint density at radius 1 is 1.00 bits per heavy atom. The standard InChI is InChI=1S/C8H6.C4H6Cl2/c1-3-5-7-8-6-4-2;1-3-2-4(3,5)6/h1-2H3;3H,2H2,1H3. The van der Waals surface area contributed by atoms with Crippen LogP contribution in [0, 0.1) is 41.4 Å². The van der Waals surface area contributed by atoms with Crippen LogP contribution in [0.2, 0.25) is 0 Å². The van der Waals surface area contributed by atoms with Crippen molar-refractivity contribution in [2.75, 3.05) is 0 Å². The van der Waals surface area contributed by atoms with Crippen LogP contribution >= 0.6 is 23.2 Å². The minimum absolute atomic E-state index is 0.347. The molecule has 74 valence electrons. The smallest absolute Gasteiger partial charge is 0.101 e. The molecule has 0 spiro atoms. The zero-order valence-electron chi connectivity index (χ0n) is 8.54. The maximum Gasteiger partial charge on any atom is 0.121 e. The average molecular weight is 227 g/mol. The first kappa shape index (κ1) is 13.3. The van der Waals surface area contributed by atoms with Gasteiger partial charge in [0.2, 0.25) is 0 Å². The molecule has 0 aromatic carbocycles. The predicted molar refractivity (Wildman–Crippen MR) is 62.9 cm³/mol. The normalized spacial score (nSPS) is 19.1. The Morgan fingerprint density at radius 3 is 1.43 bits per heavy atom. The van der Waals surface area contributed by atoms with Crippen molar-refractivity contribution in [2.45, 2.75) is 31.5 Å². The van der Waals surface area contributed by atoms with E-state index in [2.05, 4.69) is 35.5 Å². The number of hydrogen-bond acceptors (Lipinski definition) is 0. The molecule has 14 heavy (non-hydrogen) atoms. The lowest BCUT2D eigenvalue weighted by molar-refractivity contribution is 0.963. The van der Waals surface area contributed by atoms with Crippen molar-refractivity contribution in [1.29, 1.82) is 0 Å². The first-order chi connectivity index (χ1) is 6.54. The molecule has 0 heterocycles. The molecule has 1 unspecified atom stereocenters. The van der Waals surface area contributed by atoms with Gasteiger partial charge in [0.15, 0.2) is 0 Å². The molecule has 0 aromatic heterocycles. The molecule has 1 fully saturated rings. The van der Waals surface area contributed by atoms with E-state index in [-0.39, 0.29) is 4.33 Å². The fourth-order valence-electron chi connectivity index (χ4n) is 0.537. The molecule has 1 rings (SSSR count). The lowest BCUT2D eigenvalue weighted by Gasteiger charge is -1.85. The Morgan fingerprint density at radius 2 is 1.29 bits per heavy atom. The summed E-state index contributed by atoms with van der Waals surface area (Å²) in [7, 11) is 0. The summed E-state index contributed by atoms with van der Waals surface area (Å²) in [4.78, 5) is 0. The predicted octanol–water partition coefficient (Wildman–Crippen LogP) is 3.24. The highest BCUT2D eigenvalue weighted by molar-refractivity contribution is 6.50. The molecular formula is C12H12Cl2. The van der Waals surface area contributed by atoms with Crippen molar-refractivity contribution in [1.82, 2.24) is 0 Å². The molecule has 2 heteroatoms. The van der Waals surface area contributed by atoms with Crippen molar-refractivity contribution < 1.29 is 0 Å². The van der Waals surface area contributed by atoms with E-state index in [1.807, 2.05) is 6.92 Å². The monoisotopic (exact) mass is 226 g/mol. The minimum Gasteiger partial charge on any atom is -0.101 e. The van der Waals surface area contributed by atoms with Crippen molar-refractivity contribution in [3.63, 3.8) is 0 Å². The summed E-state index contributed by atoms with van der Waals surface area (Å²) in [6, 6.07) is 0. The van der Waals surface area contributed by atoms with E-state index in [4.69, 9.17) is 23.2 Å². The quantitative estimate of drug-likeness (QED) is 0.440. The first-order valence-electron chi connectivity index (χ1n) is 4.26. The molecule has 1 saturated carbocycles. The maximum absolute atomic E-state index is 5.56. The van der Waals surface area contributed by atoms with Crippen LogP contribution in [-0.4, -0.2) is 4.33 Å². The van der Waals surface area contributed by atoms with E-state index in [0.29, 0.717) is 5.92 Å². The van der Waals surface area contributed by atoms with Crippen LogP contribution in [-0.2, 0) is 0 Å². The minimum atomic E-state index is -0.347. The molecular weight excluding hydrogens is 215 g/mol. The highest BCUT2D eigenvalue weighted by atomic mass is 35.5. The van der Waals surface area contributed by atoms with Crippen molar-refractivity contribution >= 4 is 23.2 Å². The maximum atomic E-state index is 5.56. The van der Waals surface area contributed by atoms with Crippen molar-refractivity contribution in [3.8, 4) is 35.5 Å². The second-order valence-corrected chi connectivity index (χ2v) is 4.41. The van der Waals surface area contributed by atoms with Gasteiger partial charge in [-0.2, -0.15) is 0 Å². The highest BCUT2D eigenvalue weighted by Gasteiger charge is 2.47. The third kappa shape index (κ3) is 6.74. The molecule has 0 aliphatic heterocycles. The first-order valence-corrected chi connectivity index (χ1v) is 5.01. The van der Waals surface area contributed by atoms with Crippen LogP contribution in [0.3, 0.4) is 0 Å². The van der Waals surface area contributed by atoms with Gasteiger partial charge in [0.1, 0.15) is 4.33 Å². The summed E-state index contributed by atoms with van der Waals surface area (Å²) < 4.78 is -0.347. The van der Waals surface area contributed by atoms with E-state index in [1.54, 1.807) is 13.8 Å². The molecule has 0 saturated heterocycles. The lowest BCUT2D eigenvalue weighted by Crippen LogP contribution is -1.81. The molecule has 0 amide bonds. The van der Waals surface area contributed by atoms with Crippen LogP contribution < -0.4 is 0 Å². The topological polar surface area (TPSA) is 0 Å². The Bertz CT molecular complexity index is 323. The van der Waals surface area contributed by atoms with Gasteiger partial charge in [-0.25, -0.2) is 0 Å². The number of hydrogen-bond donors (Lipinski definition) is 0. The summed E-state index contributed by atoms with van der Waals surface area (Å²) in [5.41, 5.74) is 0. The second kappa shape index (κ2) is 6.68. The van der Waals surface area contributed by atoms with Crippen LogP contribution in [0.1, 0.15) is 27.2 Å². The van der Waals surface area contributed by atoms with E-state index in [1.165, 1.54) is 0 Å². The fraction of sp³-hybridized carbons (Fsp3) is 0.500. The second-order valence-electron chi connectivity index (χ2n) is 2.87. The molecule has 0 aromatic rings. The SMILES string of the molecule is CC#CC#CC#CC.CC1CC1(Cl)Cl. The van der Waals surface area contributed by atoms with Gasteiger partial charge in [-0.05, 0) is 49.9 Å². The molecule has 1 aliphatic rings. The zero-order valence-corrected chi connectivity index (χ0v) is 10.1. The van der Waals surface area contributed by atoms with Gasteiger partial charge >= 0.3 is 0 Å². The van der Waals surface area contributed by atoms with E-state index in [0.717, 1.165) is 6.42 Å². The van der Waals surface area contributed by atoms with Gasteiger partial charge in [0.05, 0.1) is 0 Å². The van der Waals surface area contributed by atoms with Gasteiger partial charge in [-0.1, -0.05) is 18.8 Å². The molecule has 1 aliphatic carbocycles. The Hall–Kier alpha value is -0.740. The van der Waals surface area contributed by atoms with Crippen LogP contribution in [0.4, 0.5) is 0 Å². The summed E-state index contributed by atoms with van der Waals surface area (Å²) in [5.74, 6) is 16.0. The van der Waals surface area contributed by atoms with Gasteiger partial charge in [0, 0.05) is 0 Å². The van der Waals surface area contributed by atoms with Crippen molar-refractivity contribution in [2.24, 2.45) is 5.92 Å². The van der Waals surface area contributed by atoms with Gasteiger partial charge in [0.25, 0.3) is 0 Å². The Labute approximate surface area is 96.4 Å². The Kier molecular flexibility index (Phi) is 6.32. The van der Waals surface area contributed by atoms with E-state index in [9.17, 15) is 0 Å². The van der Waals surface area contributed by atoms with Crippen molar-refractivity contribution in [3.05, 3.63) is 0 Å². The third-order valence-corrected chi connectivity index (χ3v) is 2.63. The fourth-order valence-corrected chi connectivity index (χ4v) is 1.000. The van der Waals surface area contributed by atoms with Crippen LogP contribution in [0.5, 0.6) is 0 Å². The third-order valence-electron chi connectivity index (χ3n) is 1.58. The van der Waals surface area contributed by atoms with Crippen LogP contribution in [0.15, 0.2) is 0 Å². The largest absolute Gasteiger partial charge is 0.121 e. The summed E-state index contributed by atoms with van der Waals surface area (Å²) in [6.45, 7) is 5.53. The molecule has 0 bridgehead atoms. The molecule has 0 N–H and O–H groups in total. The number of halogens is 2. The van der Waals surface area contributed by atoms with E-state index >= 15 is 0 Å². The summed E-state index contributed by atoms with van der Waals surface area (Å²) in [6.07, 6.45) is 0.968. The molecule has 0 radical (unpaired) electrons. The zero-order chi connectivity index (χ0) is 11.0. The average Bonchev–Trinajstić information content (AvgIpc) is 2.67. The highest BCUT2D eigenvalue weighted by Crippen LogP contribution is 2.52. The number of alkyl halides is 2. The number of rotatable bonds is 0. The lowest BCUT2D eigenvalue weighted by atomic mass is 10.5. The van der Waals surface area contributed by atoms with E-state index < -0.39 is 0 Å². The summed E-state index contributed by atoms with van der Waals surface area (Å²) >= 11 is 11.1. The van der Waals surface area contributed by atoms with Gasteiger partial charge < -0.3 is 0 Å². The summed E-state index contributed by atoms with van der Waals surface area (Å²) in [5, 5.41) is 0. The van der Waals surface area contributed by atoms with Gasteiger partial charge in [-0.15, -0.1) is 23.2 Å². The van der Waals surface area contributed by atoms with Gasteiger partial charge in [-0.3, -0.25) is 0 Å². The van der Waals surface area contributed by atoms with Crippen LogP contribution in [0.25, 0.3) is 0 Å².